The number of aryl methyl sites for hydroxylation is 1. The van der Waals surface area contributed by atoms with Crippen LogP contribution in [0.1, 0.15) is 60.5 Å². The highest BCUT2D eigenvalue weighted by atomic mass is 19.4. The quantitative estimate of drug-likeness (QED) is 0.888. The number of hydrogen-bond acceptors (Lipinski definition) is 4. The number of likely N-dealkylation sites (tertiary alicyclic amines) is 1. The second-order valence-electron chi connectivity index (χ2n) is 7.33. The van der Waals surface area contributed by atoms with Crippen molar-refractivity contribution in [3.8, 4) is 0 Å². The summed E-state index contributed by atoms with van der Waals surface area (Å²) in [5.41, 5.74) is 0.491. The van der Waals surface area contributed by atoms with Crippen molar-refractivity contribution >= 4 is 0 Å². The summed E-state index contributed by atoms with van der Waals surface area (Å²) in [6.45, 7) is 0.906. The van der Waals surface area contributed by atoms with Crippen LogP contribution < -0.4 is 5.56 Å². The Kier molecular flexibility index (Phi) is 4.57. The average Bonchev–Trinajstić information content (AvgIpc) is 3.18. The van der Waals surface area contributed by atoms with Gasteiger partial charge in [-0.15, -0.1) is 0 Å². The molecule has 3 heterocycles. The Balaban J connectivity index is 1.61. The van der Waals surface area contributed by atoms with Gasteiger partial charge in [0.15, 0.2) is 5.69 Å². The molecule has 27 heavy (non-hydrogen) atoms. The van der Waals surface area contributed by atoms with E-state index in [1.165, 1.54) is 5.69 Å². The van der Waals surface area contributed by atoms with E-state index in [0.717, 1.165) is 56.6 Å². The summed E-state index contributed by atoms with van der Waals surface area (Å²) in [6, 6.07) is 0.526. The number of nitrogens with one attached hydrogen (secondary N) is 1. The Hall–Kier alpha value is -2.16. The van der Waals surface area contributed by atoms with Crippen molar-refractivity contribution in [3.63, 3.8) is 0 Å². The van der Waals surface area contributed by atoms with E-state index in [1.54, 1.807) is 0 Å². The van der Waals surface area contributed by atoms with Crippen molar-refractivity contribution in [2.24, 2.45) is 7.05 Å². The molecule has 2 aromatic heterocycles. The Morgan fingerprint density at radius 3 is 2.74 bits per heavy atom. The maximum Gasteiger partial charge on any atom is 0.433 e. The smallest absolute Gasteiger partial charge is 0.334 e. The molecule has 1 aliphatic carbocycles. The normalized spacial score (nSPS) is 20.8. The zero-order valence-electron chi connectivity index (χ0n) is 15.1. The Morgan fingerprint density at radius 1 is 1.22 bits per heavy atom. The molecule has 2 aliphatic rings. The number of H-pyrrole nitrogens is 1. The number of alkyl halides is 3. The molecule has 0 bridgehead atoms. The predicted octanol–water partition coefficient (Wildman–Crippen LogP) is 2.74. The van der Waals surface area contributed by atoms with E-state index < -0.39 is 17.4 Å². The first kappa shape index (κ1) is 18.2. The zero-order chi connectivity index (χ0) is 19.2. The highest BCUT2D eigenvalue weighted by Gasteiger charge is 2.35. The first-order valence-corrected chi connectivity index (χ1v) is 9.29. The molecular formula is C18H22F3N5O. The molecule has 0 saturated carbocycles. The van der Waals surface area contributed by atoms with E-state index >= 15 is 0 Å². The van der Waals surface area contributed by atoms with Crippen molar-refractivity contribution in [1.82, 2.24) is 24.4 Å². The summed E-state index contributed by atoms with van der Waals surface area (Å²) in [5.74, 6) is 1.01. The molecule has 0 unspecified atom stereocenters. The molecule has 1 atom stereocenters. The summed E-state index contributed by atoms with van der Waals surface area (Å²) >= 11 is 0. The molecule has 1 N–H and O–H groups in total. The van der Waals surface area contributed by atoms with Gasteiger partial charge in [0, 0.05) is 18.8 Å². The lowest BCUT2D eigenvalue weighted by molar-refractivity contribution is -0.141. The van der Waals surface area contributed by atoms with Crippen LogP contribution in [0.2, 0.25) is 0 Å². The standard InChI is InChI=1S/C18H22F3N5O/c1-25-12-6-3-2-5-11(12)22-17(25)13-7-4-8-26(13)10-15-23-14(18(19,20)21)9-16(27)24-15/h9,13H,2-8,10H2,1H3,(H,23,24,27)/t13-/m0/s1. The van der Waals surface area contributed by atoms with E-state index in [-0.39, 0.29) is 18.4 Å². The molecule has 1 aliphatic heterocycles. The average molecular weight is 381 g/mol. The fraction of sp³-hybridized carbons (Fsp3) is 0.611. The van der Waals surface area contributed by atoms with Gasteiger partial charge in [-0.1, -0.05) is 0 Å². The molecule has 0 amide bonds. The number of aromatic nitrogens is 4. The van der Waals surface area contributed by atoms with Crippen LogP contribution in [0.15, 0.2) is 10.9 Å². The second-order valence-corrected chi connectivity index (χ2v) is 7.33. The zero-order valence-corrected chi connectivity index (χ0v) is 15.1. The van der Waals surface area contributed by atoms with Gasteiger partial charge in [-0.25, -0.2) is 9.97 Å². The van der Waals surface area contributed by atoms with Gasteiger partial charge in [-0.2, -0.15) is 13.2 Å². The molecule has 146 valence electrons. The number of halogens is 3. The van der Waals surface area contributed by atoms with Gasteiger partial charge < -0.3 is 9.55 Å². The van der Waals surface area contributed by atoms with Gasteiger partial charge in [0.2, 0.25) is 0 Å². The molecule has 1 saturated heterocycles. The Morgan fingerprint density at radius 2 is 2.00 bits per heavy atom. The van der Waals surface area contributed by atoms with Gasteiger partial charge >= 0.3 is 6.18 Å². The van der Waals surface area contributed by atoms with Crippen LogP contribution in [0.3, 0.4) is 0 Å². The Labute approximate surface area is 154 Å². The number of rotatable bonds is 3. The molecule has 0 aromatic carbocycles. The third-order valence-corrected chi connectivity index (χ3v) is 5.50. The van der Waals surface area contributed by atoms with Crippen LogP contribution in [0.5, 0.6) is 0 Å². The van der Waals surface area contributed by atoms with Gasteiger partial charge in [-0.05, 0) is 45.1 Å². The van der Waals surface area contributed by atoms with Crippen molar-refractivity contribution < 1.29 is 13.2 Å². The SMILES string of the molecule is Cn1c([C@@H]2CCCN2Cc2nc(C(F)(F)F)cc(=O)[nH]2)nc2c1CCCC2. The first-order valence-electron chi connectivity index (χ1n) is 9.29. The van der Waals surface area contributed by atoms with E-state index in [2.05, 4.69) is 19.4 Å². The third-order valence-electron chi connectivity index (χ3n) is 5.50. The monoisotopic (exact) mass is 381 g/mol. The predicted molar refractivity (Wildman–Crippen MR) is 92.1 cm³/mol. The minimum atomic E-state index is -4.63. The summed E-state index contributed by atoms with van der Waals surface area (Å²) in [4.78, 5) is 24.6. The highest BCUT2D eigenvalue weighted by molar-refractivity contribution is 5.22. The lowest BCUT2D eigenvalue weighted by Gasteiger charge is -2.24. The number of imidazole rings is 1. The van der Waals surface area contributed by atoms with E-state index in [0.29, 0.717) is 6.07 Å². The maximum absolute atomic E-state index is 12.9. The van der Waals surface area contributed by atoms with Gasteiger partial charge in [-0.3, -0.25) is 9.69 Å². The highest BCUT2D eigenvalue weighted by Crippen LogP contribution is 2.34. The van der Waals surface area contributed by atoms with E-state index in [1.807, 2.05) is 7.05 Å². The fourth-order valence-electron chi connectivity index (χ4n) is 4.23. The molecule has 6 nitrogen and oxygen atoms in total. The lowest BCUT2D eigenvalue weighted by Crippen LogP contribution is -2.28. The van der Waals surface area contributed by atoms with Gasteiger partial charge in [0.25, 0.3) is 5.56 Å². The van der Waals surface area contributed by atoms with Crippen LogP contribution in [-0.2, 0) is 32.6 Å². The largest absolute Gasteiger partial charge is 0.433 e. The Bertz CT molecular complexity index is 901. The van der Waals surface area contributed by atoms with Gasteiger partial charge in [0.05, 0.1) is 18.3 Å². The van der Waals surface area contributed by atoms with Gasteiger partial charge in [0.1, 0.15) is 11.6 Å². The minimum Gasteiger partial charge on any atom is -0.334 e. The first-order chi connectivity index (χ1) is 12.8. The van der Waals surface area contributed by atoms with Crippen molar-refractivity contribution in [1.29, 1.82) is 0 Å². The summed E-state index contributed by atoms with van der Waals surface area (Å²) < 4.78 is 41.0. The number of hydrogen-bond donors (Lipinski definition) is 1. The molecule has 1 fully saturated rings. The van der Waals surface area contributed by atoms with Crippen LogP contribution in [-0.4, -0.2) is 31.0 Å². The van der Waals surface area contributed by atoms with Crippen molar-refractivity contribution in [2.45, 2.75) is 57.3 Å². The maximum atomic E-state index is 12.9. The topological polar surface area (TPSA) is 66.8 Å². The summed E-state index contributed by atoms with van der Waals surface area (Å²) in [7, 11) is 2.02. The lowest BCUT2D eigenvalue weighted by atomic mass is 10.0. The van der Waals surface area contributed by atoms with Crippen molar-refractivity contribution in [2.75, 3.05) is 6.54 Å². The molecular weight excluding hydrogens is 359 g/mol. The summed E-state index contributed by atoms with van der Waals surface area (Å²) in [5, 5.41) is 0. The van der Waals surface area contributed by atoms with E-state index in [4.69, 9.17) is 4.98 Å². The van der Waals surface area contributed by atoms with Crippen LogP contribution in [0.4, 0.5) is 13.2 Å². The minimum absolute atomic E-state index is 0.0282. The van der Waals surface area contributed by atoms with Crippen LogP contribution in [0, 0.1) is 0 Å². The third kappa shape index (κ3) is 3.52. The van der Waals surface area contributed by atoms with Crippen LogP contribution >= 0.6 is 0 Å². The number of nitrogens with zero attached hydrogens (tertiary/aromatic N) is 4. The van der Waals surface area contributed by atoms with Crippen LogP contribution in [0.25, 0.3) is 0 Å². The number of fused-ring (bicyclic) bond motifs is 1. The molecule has 0 spiro atoms. The summed E-state index contributed by atoms with van der Waals surface area (Å²) in [6.07, 6.45) is 1.51. The van der Waals surface area contributed by atoms with Crippen molar-refractivity contribution in [3.05, 3.63) is 45.2 Å². The molecule has 0 radical (unpaired) electrons. The molecule has 2 aromatic rings. The second kappa shape index (κ2) is 6.78. The fourth-order valence-corrected chi connectivity index (χ4v) is 4.23. The molecule has 4 rings (SSSR count). The molecule has 9 heteroatoms. The van der Waals surface area contributed by atoms with E-state index in [9.17, 15) is 18.0 Å². The number of aromatic amines is 1.